The van der Waals surface area contributed by atoms with Gasteiger partial charge in [-0.2, -0.15) is 0 Å². The van der Waals surface area contributed by atoms with Crippen molar-refractivity contribution in [2.24, 2.45) is 0 Å². The van der Waals surface area contributed by atoms with E-state index in [4.69, 9.17) is 10.5 Å². The first-order valence-corrected chi connectivity index (χ1v) is 7.54. The van der Waals surface area contributed by atoms with Gasteiger partial charge in [-0.05, 0) is 25.1 Å². The Kier molecular flexibility index (Phi) is 4.72. The molecule has 110 valence electrons. The Morgan fingerprint density at radius 3 is 2.70 bits per heavy atom. The van der Waals surface area contributed by atoms with Crippen LogP contribution in [0.15, 0.2) is 23.1 Å². The molecule has 1 heterocycles. The van der Waals surface area contributed by atoms with Gasteiger partial charge in [0.05, 0.1) is 28.9 Å². The number of carbonyl (C=O) groups excluding carboxylic acids is 1. The summed E-state index contributed by atoms with van der Waals surface area (Å²) in [5.41, 5.74) is 5.71. The molecule has 1 aliphatic rings. The van der Waals surface area contributed by atoms with E-state index in [9.17, 15) is 13.4 Å². The Morgan fingerprint density at radius 1 is 1.45 bits per heavy atom. The molecule has 0 bridgehead atoms. The number of hydrogen-bond acceptors (Lipinski definition) is 4. The van der Waals surface area contributed by atoms with E-state index in [0.29, 0.717) is 26.3 Å². The van der Waals surface area contributed by atoms with Crippen LogP contribution in [0.4, 0.5) is 10.1 Å². The van der Waals surface area contributed by atoms with Gasteiger partial charge >= 0.3 is 0 Å². The smallest absolute Gasteiger partial charge is 0.238 e. The van der Waals surface area contributed by atoms with Crippen LogP contribution in [0.3, 0.4) is 0 Å². The molecule has 7 heteroatoms. The average molecular weight is 300 g/mol. The molecule has 1 amide bonds. The summed E-state index contributed by atoms with van der Waals surface area (Å²) in [6.45, 7) is 3.45. The number of nitrogen functional groups attached to an aromatic ring is 1. The van der Waals surface area contributed by atoms with E-state index >= 15 is 0 Å². The number of benzene rings is 1. The molecule has 1 aromatic rings. The third-order valence-corrected chi connectivity index (χ3v) is 4.77. The maximum atomic E-state index is 13.7. The zero-order valence-electron chi connectivity index (χ0n) is 11.2. The number of ether oxygens (including phenoxy) is 1. The summed E-state index contributed by atoms with van der Waals surface area (Å²) in [6.07, 6.45) is 0. The second-order valence-electron chi connectivity index (χ2n) is 4.57. The van der Waals surface area contributed by atoms with Gasteiger partial charge < -0.3 is 15.4 Å². The van der Waals surface area contributed by atoms with Crippen LogP contribution >= 0.6 is 0 Å². The molecule has 1 saturated heterocycles. The Balaban J connectivity index is 2.13. The first-order chi connectivity index (χ1) is 9.50. The van der Waals surface area contributed by atoms with Crippen LogP contribution < -0.4 is 5.73 Å². The first kappa shape index (κ1) is 14.9. The van der Waals surface area contributed by atoms with Crippen LogP contribution in [0.2, 0.25) is 0 Å². The van der Waals surface area contributed by atoms with Crippen molar-refractivity contribution in [3.63, 3.8) is 0 Å². The second-order valence-corrected chi connectivity index (χ2v) is 6.31. The molecule has 0 aliphatic carbocycles. The predicted molar refractivity (Wildman–Crippen MR) is 74.1 cm³/mol. The number of halogens is 1. The molecule has 20 heavy (non-hydrogen) atoms. The molecular formula is C13H17FN2O3S. The molecule has 0 spiro atoms. The SMILES string of the molecule is CC(C(=O)N1CCOCC1)S(=O)c1ccc(N)cc1F. The molecule has 0 aromatic heterocycles. The first-order valence-electron chi connectivity index (χ1n) is 6.33. The topological polar surface area (TPSA) is 72.6 Å². The largest absolute Gasteiger partial charge is 0.399 e. The van der Waals surface area contributed by atoms with Gasteiger partial charge in [0.15, 0.2) is 0 Å². The number of rotatable bonds is 3. The van der Waals surface area contributed by atoms with Crippen molar-refractivity contribution < 1.29 is 18.1 Å². The maximum absolute atomic E-state index is 13.7. The minimum atomic E-state index is -1.74. The Morgan fingerprint density at radius 2 is 2.10 bits per heavy atom. The van der Waals surface area contributed by atoms with Crippen LogP contribution in [0.25, 0.3) is 0 Å². The molecule has 1 aromatic carbocycles. The maximum Gasteiger partial charge on any atom is 0.238 e. The lowest BCUT2D eigenvalue weighted by Gasteiger charge is -2.29. The second kappa shape index (κ2) is 6.32. The number of amides is 1. The van der Waals surface area contributed by atoms with E-state index in [1.807, 2.05) is 0 Å². The number of anilines is 1. The minimum absolute atomic E-state index is 0.00769. The lowest BCUT2D eigenvalue weighted by atomic mass is 10.3. The van der Waals surface area contributed by atoms with E-state index in [0.717, 1.165) is 6.07 Å². The van der Waals surface area contributed by atoms with E-state index < -0.39 is 21.9 Å². The molecule has 2 rings (SSSR count). The highest BCUT2D eigenvalue weighted by Crippen LogP contribution is 2.19. The van der Waals surface area contributed by atoms with Crippen LogP contribution in [0, 0.1) is 5.82 Å². The van der Waals surface area contributed by atoms with E-state index in [2.05, 4.69) is 0 Å². The van der Waals surface area contributed by atoms with Gasteiger partial charge in [0, 0.05) is 18.8 Å². The van der Waals surface area contributed by atoms with Crippen molar-refractivity contribution in [2.45, 2.75) is 17.1 Å². The van der Waals surface area contributed by atoms with Crippen LogP contribution in [-0.4, -0.2) is 46.6 Å². The summed E-state index contributed by atoms with van der Waals surface area (Å²) in [4.78, 5) is 13.8. The van der Waals surface area contributed by atoms with Crippen molar-refractivity contribution in [3.8, 4) is 0 Å². The number of nitrogens with zero attached hydrogens (tertiary/aromatic N) is 1. The van der Waals surface area contributed by atoms with Gasteiger partial charge in [-0.15, -0.1) is 0 Å². The van der Waals surface area contributed by atoms with Crippen LogP contribution in [0.1, 0.15) is 6.92 Å². The summed E-state index contributed by atoms with van der Waals surface area (Å²) in [7, 11) is -1.74. The van der Waals surface area contributed by atoms with Gasteiger partial charge in [-0.3, -0.25) is 9.00 Å². The number of morpholine rings is 1. The fourth-order valence-electron chi connectivity index (χ4n) is 2.00. The van der Waals surface area contributed by atoms with E-state index in [-0.39, 0.29) is 16.5 Å². The zero-order chi connectivity index (χ0) is 14.7. The van der Waals surface area contributed by atoms with Gasteiger partial charge in [0.2, 0.25) is 5.91 Å². The Hall–Kier alpha value is -1.47. The van der Waals surface area contributed by atoms with Crippen LogP contribution in [-0.2, 0) is 20.3 Å². The molecular weight excluding hydrogens is 283 g/mol. The zero-order valence-corrected chi connectivity index (χ0v) is 12.0. The summed E-state index contributed by atoms with van der Waals surface area (Å²) in [6, 6.07) is 3.95. The normalized spacial score (nSPS) is 18.6. The molecule has 0 radical (unpaired) electrons. The molecule has 1 aliphatic heterocycles. The van der Waals surface area contributed by atoms with Crippen LogP contribution in [0.5, 0.6) is 0 Å². The van der Waals surface area contributed by atoms with E-state index in [1.165, 1.54) is 12.1 Å². The molecule has 2 atom stereocenters. The minimum Gasteiger partial charge on any atom is -0.399 e. The van der Waals surface area contributed by atoms with Crippen molar-refractivity contribution in [3.05, 3.63) is 24.0 Å². The monoisotopic (exact) mass is 300 g/mol. The summed E-state index contributed by atoms with van der Waals surface area (Å²) in [5, 5.41) is -0.800. The van der Waals surface area contributed by atoms with Gasteiger partial charge in [-0.1, -0.05) is 0 Å². The summed E-state index contributed by atoms with van der Waals surface area (Å²) < 4.78 is 31.2. The molecule has 2 N–H and O–H groups in total. The Labute approximate surface area is 119 Å². The highest BCUT2D eigenvalue weighted by atomic mass is 32.2. The fourth-order valence-corrected chi connectivity index (χ4v) is 3.17. The quantitative estimate of drug-likeness (QED) is 0.837. The standard InChI is InChI=1S/C13H17FN2O3S/c1-9(13(17)16-4-6-19-7-5-16)20(18)12-3-2-10(15)8-11(12)14/h2-3,8-9H,4-7,15H2,1H3. The van der Waals surface area contributed by atoms with Crippen molar-refractivity contribution in [2.75, 3.05) is 32.0 Å². The summed E-state index contributed by atoms with van der Waals surface area (Å²) >= 11 is 0. The highest BCUT2D eigenvalue weighted by Gasteiger charge is 2.28. The third kappa shape index (κ3) is 3.16. The van der Waals surface area contributed by atoms with Crippen molar-refractivity contribution in [1.29, 1.82) is 0 Å². The predicted octanol–water partition coefficient (Wildman–Crippen LogP) is 0.763. The fraction of sp³-hybridized carbons (Fsp3) is 0.462. The highest BCUT2D eigenvalue weighted by molar-refractivity contribution is 7.86. The van der Waals surface area contributed by atoms with Gasteiger partial charge in [0.1, 0.15) is 11.1 Å². The third-order valence-electron chi connectivity index (χ3n) is 3.16. The summed E-state index contributed by atoms with van der Waals surface area (Å²) in [5.74, 6) is -0.896. The van der Waals surface area contributed by atoms with E-state index in [1.54, 1.807) is 11.8 Å². The average Bonchev–Trinajstić information content (AvgIpc) is 2.46. The van der Waals surface area contributed by atoms with Crippen molar-refractivity contribution in [1.82, 2.24) is 4.90 Å². The molecule has 0 saturated carbocycles. The number of hydrogen-bond donors (Lipinski definition) is 1. The molecule has 1 fully saturated rings. The van der Waals surface area contributed by atoms with Crippen molar-refractivity contribution >= 4 is 22.4 Å². The van der Waals surface area contributed by atoms with Gasteiger partial charge in [-0.25, -0.2) is 4.39 Å². The Bertz CT molecular complexity index is 532. The number of carbonyl (C=O) groups is 1. The molecule has 5 nitrogen and oxygen atoms in total. The lowest BCUT2D eigenvalue weighted by Crippen LogP contribution is -2.46. The molecule has 2 unspecified atom stereocenters. The number of nitrogens with two attached hydrogens (primary N) is 1. The lowest BCUT2D eigenvalue weighted by molar-refractivity contribution is -0.134. The van der Waals surface area contributed by atoms with Gasteiger partial charge in [0.25, 0.3) is 0 Å².